The van der Waals surface area contributed by atoms with Crippen molar-refractivity contribution in [2.45, 2.75) is 38.7 Å². The quantitative estimate of drug-likeness (QED) is 0.791. The summed E-state index contributed by atoms with van der Waals surface area (Å²) in [6.07, 6.45) is 3.74. The van der Waals surface area contributed by atoms with Crippen molar-refractivity contribution < 1.29 is 14.3 Å². The highest BCUT2D eigenvalue weighted by atomic mass is 79.9. The zero-order chi connectivity index (χ0) is 13.8. The van der Waals surface area contributed by atoms with Crippen LogP contribution in [0.15, 0.2) is 22.7 Å². The first kappa shape index (κ1) is 14.4. The molecule has 1 aromatic carbocycles. The van der Waals surface area contributed by atoms with Crippen molar-refractivity contribution in [1.82, 2.24) is 0 Å². The van der Waals surface area contributed by atoms with Gasteiger partial charge in [0.2, 0.25) is 0 Å². The lowest BCUT2D eigenvalue weighted by Crippen LogP contribution is -2.28. The van der Waals surface area contributed by atoms with Crippen LogP contribution in [0.2, 0.25) is 0 Å². The Kier molecular flexibility index (Phi) is 4.86. The van der Waals surface area contributed by atoms with Gasteiger partial charge in [0.1, 0.15) is 5.75 Å². The second-order valence-electron chi connectivity index (χ2n) is 5.03. The lowest BCUT2D eigenvalue weighted by Gasteiger charge is -2.27. The Labute approximate surface area is 122 Å². The van der Waals surface area contributed by atoms with Crippen molar-refractivity contribution >= 4 is 21.9 Å². The van der Waals surface area contributed by atoms with Crippen molar-refractivity contribution in [2.24, 2.45) is 5.92 Å². The SMILES string of the molecule is COC(=O)C1CCC(Oc2ccc(Br)c(C)c2)CC1. The van der Waals surface area contributed by atoms with E-state index in [0.29, 0.717) is 0 Å². The lowest BCUT2D eigenvalue weighted by molar-refractivity contribution is -0.147. The van der Waals surface area contributed by atoms with Crippen LogP contribution in [-0.4, -0.2) is 19.2 Å². The third-order valence-corrected chi connectivity index (χ3v) is 4.53. The van der Waals surface area contributed by atoms with E-state index in [4.69, 9.17) is 9.47 Å². The molecule has 0 spiro atoms. The normalized spacial score (nSPS) is 22.9. The van der Waals surface area contributed by atoms with Gasteiger partial charge < -0.3 is 9.47 Å². The van der Waals surface area contributed by atoms with Gasteiger partial charge in [-0.15, -0.1) is 0 Å². The highest BCUT2D eigenvalue weighted by molar-refractivity contribution is 9.10. The Balaban J connectivity index is 1.88. The van der Waals surface area contributed by atoms with Crippen molar-refractivity contribution in [3.8, 4) is 5.75 Å². The van der Waals surface area contributed by atoms with Gasteiger partial charge in [0.15, 0.2) is 0 Å². The summed E-state index contributed by atoms with van der Waals surface area (Å²) < 4.78 is 11.9. The van der Waals surface area contributed by atoms with E-state index in [1.54, 1.807) is 0 Å². The number of benzene rings is 1. The highest BCUT2D eigenvalue weighted by Crippen LogP contribution is 2.29. The minimum absolute atomic E-state index is 0.0523. The third-order valence-electron chi connectivity index (χ3n) is 3.64. The summed E-state index contributed by atoms with van der Waals surface area (Å²) in [6.45, 7) is 2.05. The number of halogens is 1. The van der Waals surface area contributed by atoms with Crippen LogP contribution in [0.5, 0.6) is 5.75 Å². The number of esters is 1. The largest absolute Gasteiger partial charge is 0.490 e. The molecular formula is C15H19BrO3. The first-order valence-corrected chi connectivity index (χ1v) is 7.40. The van der Waals surface area contributed by atoms with Crippen LogP contribution < -0.4 is 4.74 Å². The molecule has 0 heterocycles. The zero-order valence-electron chi connectivity index (χ0n) is 11.3. The van der Waals surface area contributed by atoms with Gasteiger partial charge >= 0.3 is 5.97 Å². The van der Waals surface area contributed by atoms with E-state index in [9.17, 15) is 4.79 Å². The second-order valence-corrected chi connectivity index (χ2v) is 5.88. The monoisotopic (exact) mass is 326 g/mol. The Morgan fingerprint density at radius 1 is 1.26 bits per heavy atom. The molecule has 0 aliphatic heterocycles. The van der Waals surface area contributed by atoms with Gasteiger partial charge in [-0.25, -0.2) is 0 Å². The van der Waals surface area contributed by atoms with Crippen molar-refractivity contribution in [3.63, 3.8) is 0 Å². The number of methoxy groups -OCH3 is 1. The van der Waals surface area contributed by atoms with Crippen LogP contribution in [0.4, 0.5) is 0 Å². The summed E-state index contributed by atoms with van der Waals surface area (Å²) in [5.74, 6) is 0.872. The number of carbonyl (C=O) groups excluding carboxylic acids is 1. The smallest absolute Gasteiger partial charge is 0.308 e. The average molecular weight is 327 g/mol. The van der Waals surface area contributed by atoms with Gasteiger partial charge in [-0.05, 0) is 56.4 Å². The summed E-state index contributed by atoms with van der Waals surface area (Å²) in [5.41, 5.74) is 1.17. The number of ether oxygens (including phenoxy) is 2. The molecular weight excluding hydrogens is 308 g/mol. The standard InChI is InChI=1S/C15H19BrO3/c1-10-9-13(7-8-14(10)16)19-12-5-3-11(4-6-12)15(17)18-2/h7-9,11-12H,3-6H2,1-2H3. The molecule has 1 saturated carbocycles. The van der Waals surface area contributed by atoms with Crippen molar-refractivity contribution in [2.75, 3.05) is 7.11 Å². The summed E-state index contributed by atoms with van der Waals surface area (Å²) in [5, 5.41) is 0. The molecule has 0 bridgehead atoms. The number of carbonyl (C=O) groups is 1. The van der Waals surface area contributed by atoms with Crippen LogP contribution in [0, 0.1) is 12.8 Å². The fourth-order valence-electron chi connectivity index (χ4n) is 2.47. The molecule has 0 amide bonds. The predicted octanol–water partition coefficient (Wildman–Crippen LogP) is 3.87. The minimum atomic E-state index is -0.0852. The molecule has 0 radical (unpaired) electrons. The minimum Gasteiger partial charge on any atom is -0.490 e. The fraction of sp³-hybridized carbons (Fsp3) is 0.533. The first-order valence-electron chi connectivity index (χ1n) is 6.61. The molecule has 3 nitrogen and oxygen atoms in total. The maximum absolute atomic E-state index is 11.4. The molecule has 104 valence electrons. The van der Waals surface area contributed by atoms with Crippen molar-refractivity contribution in [3.05, 3.63) is 28.2 Å². The molecule has 2 rings (SSSR count). The van der Waals surface area contributed by atoms with Crippen LogP contribution >= 0.6 is 15.9 Å². The third kappa shape index (κ3) is 3.72. The summed E-state index contributed by atoms with van der Waals surface area (Å²) in [4.78, 5) is 11.4. The van der Waals surface area contributed by atoms with E-state index in [2.05, 4.69) is 15.9 Å². The van der Waals surface area contributed by atoms with E-state index in [0.717, 1.165) is 35.9 Å². The maximum Gasteiger partial charge on any atom is 0.308 e. The predicted molar refractivity (Wildman–Crippen MR) is 77.3 cm³/mol. The van der Waals surface area contributed by atoms with Crippen LogP contribution in [0.25, 0.3) is 0 Å². The van der Waals surface area contributed by atoms with Crippen molar-refractivity contribution in [1.29, 1.82) is 0 Å². The molecule has 1 aliphatic rings. The van der Waals surface area contributed by atoms with Crippen LogP contribution in [0.1, 0.15) is 31.2 Å². The molecule has 1 fully saturated rings. The van der Waals surface area contributed by atoms with E-state index >= 15 is 0 Å². The molecule has 4 heteroatoms. The first-order chi connectivity index (χ1) is 9.10. The van der Waals surface area contributed by atoms with E-state index in [1.807, 2.05) is 25.1 Å². The topological polar surface area (TPSA) is 35.5 Å². The number of hydrogen-bond acceptors (Lipinski definition) is 3. The highest BCUT2D eigenvalue weighted by Gasteiger charge is 2.27. The molecule has 0 N–H and O–H groups in total. The lowest BCUT2D eigenvalue weighted by atomic mass is 9.87. The van der Waals surface area contributed by atoms with E-state index < -0.39 is 0 Å². The molecule has 0 atom stereocenters. The van der Waals surface area contributed by atoms with E-state index in [1.165, 1.54) is 12.7 Å². The second kappa shape index (κ2) is 6.42. The Bertz CT molecular complexity index is 451. The number of hydrogen-bond donors (Lipinski definition) is 0. The number of rotatable bonds is 3. The maximum atomic E-state index is 11.4. The summed E-state index contributed by atoms with van der Waals surface area (Å²) in [6, 6.07) is 6.02. The molecule has 0 saturated heterocycles. The molecule has 0 aromatic heterocycles. The Morgan fingerprint density at radius 2 is 1.95 bits per heavy atom. The fourth-order valence-corrected chi connectivity index (χ4v) is 2.71. The Hall–Kier alpha value is -1.03. The zero-order valence-corrected chi connectivity index (χ0v) is 12.9. The molecule has 19 heavy (non-hydrogen) atoms. The summed E-state index contributed by atoms with van der Waals surface area (Å²) in [7, 11) is 1.45. The van der Waals surface area contributed by atoms with Gasteiger partial charge in [-0.1, -0.05) is 15.9 Å². The van der Waals surface area contributed by atoms with Gasteiger partial charge in [-0.3, -0.25) is 4.79 Å². The molecule has 0 unspecified atom stereocenters. The number of aryl methyl sites for hydroxylation is 1. The van der Waals surface area contributed by atoms with Gasteiger partial charge in [-0.2, -0.15) is 0 Å². The van der Waals surface area contributed by atoms with Gasteiger partial charge in [0, 0.05) is 4.47 Å². The molecule has 1 aromatic rings. The summed E-state index contributed by atoms with van der Waals surface area (Å²) >= 11 is 3.48. The van der Waals surface area contributed by atoms with Gasteiger partial charge in [0.05, 0.1) is 19.1 Å². The van der Waals surface area contributed by atoms with Crippen LogP contribution in [-0.2, 0) is 9.53 Å². The van der Waals surface area contributed by atoms with Gasteiger partial charge in [0.25, 0.3) is 0 Å². The van der Waals surface area contributed by atoms with E-state index in [-0.39, 0.29) is 18.0 Å². The van der Waals surface area contributed by atoms with Crippen LogP contribution in [0.3, 0.4) is 0 Å². The Morgan fingerprint density at radius 3 is 2.53 bits per heavy atom. The molecule has 1 aliphatic carbocycles. The average Bonchev–Trinajstić information content (AvgIpc) is 2.43.